The summed E-state index contributed by atoms with van der Waals surface area (Å²) in [6, 6.07) is 4.37. The number of aromatic nitrogens is 2. The molecule has 0 saturated heterocycles. The fourth-order valence-corrected chi connectivity index (χ4v) is 1.95. The quantitative estimate of drug-likeness (QED) is 0.932. The van der Waals surface area contributed by atoms with E-state index >= 15 is 0 Å². The predicted octanol–water partition coefficient (Wildman–Crippen LogP) is 3.80. The lowest BCUT2D eigenvalue weighted by Gasteiger charge is -2.08. The molecule has 0 unspecified atom stereocenters. The lowest BCUT2D eigenvalue weighted by molar-refractivity contribution is -0.137. The van der Waals surface area contributed by atoms with Crippen molar-refractivity contribution in [3.63, 3.8) is 0 Å². The van der Waals surface area contributed by atoms with Crippen molar-refractivity contribution in [2.24, 2.45) is 11.7 Å². The highest BCUT2D eigenvalue weighted by atomic mass is 19.4. The van der Waals surface area contributed by atoms with Crippen LogP contribution >= 0.6 is 0 Å². The number of benzene rings is 1. The minimum atomic E-state index is -4.41. The Labute approximate surface area is 120 Å². The van der Waals surface area contributed by atoms with Crippen LogP contribution in [0.25, 0.3) is 11.4 Å². The van der Waals surface area contributed by atoms with Crippen LogP contribution in [0.4, 0.5) is 13.2 Å². The van der Waals surface area contributed by atoms with Crippen LogP contribution in [0.15, 0.2) is 28.8 Å². The van der Waals surface area contributed by atoms with Crippen molar-refractivity contribution in [2.75, 3.05) is 0 Å². The average Bonchev–Trinajstić information content (AvgIpc) is 2.86. The first-order valence-electron chi connectivity index (χ1n) is 6.54. The van der Waals surface area contributed by atoms with Gasteiger partial charge in [0.25, 0.3) is 0 Å². The van der Waals surface area contributed by atoms with Crippen LogP contribution < -0.4 is 5.73 Å². The second kappa shape index (κ2) is 5.85. The molecule has 1 aromatic heterocycles. The molecule has 0 aliphatic rings. The summed E-state index contributed by atoms with van der Waals surface area (Å²) >= 11 is 0. The molecular formula is C14H16F3N3O. The normalized spacial score (nSPS) is 13.7. The Morgan fingerprint density at radius 1 is 1.29 bits per heavy atom. The summed E-state index contributed by atoms with van der Waals surface area (Å²) in [7, 11) is 0. The van der Waals surface area contributed by atoms with Gasteiger partial charge in [-0.2, -0.15) is 18.2 Å². The van der Waals surface area contributed by atoms with Crippen molar-refractivity contribution >= 4 is 0 Å². The molecule has 114 valence electrons. The fourth-order valence-electron chi connectivity index (χ4n) is 1.95. The van der Waals surface area contributed by atoms with Gasteiger partial charge in [0.2, 0.25) is 11.7 Å². The largest absolute Gasteiger partial charge is 0.416 e. The lowest BCUT2D eigenvalue weighted by Crippen LogP contribution is -2.13. The molecule has 2 aromatic rings. The second-order valence-corrected chi connectivity index (χ2v) is 5.27. The zero-order valence-electron chi connectivity index (χ0n) is 11.7. The van der Waals surface area contributed by atoms with E-state index in [4.69, 9.17) is 10.3 Å². The Bertz CT molecular complexity index is 608. The van der Waals surface area contributed by atoms with Gasteiger partial charge in [-0.15, -0.1) is 0 Å². The molecule has 0 amide bonds. The number of hydrogen-bond donors (Lipinski definition) is 1. The molecular weight excluding hydrogens is 283 g/mol. The van der Waals surface area contributed by atoms with Crippen LogP contribution in [-0.2, 0) is 6.18 Å². The van der Waals surface area contributed by atoms with E-state index in [1.54, 1.807) is 0 Å². The van der Waals surface area contributed by atoms with E-state index in [1.165, 1.54) is 12.1 Å². The topological polar surface area (TPSA) is 64.9 Å². The van der Waals surface area contributed by atoms with Crippen LogP contribution in [-0.4, -0.2) is 10.1 Å². The molecule has 1 aromatic carbocycles. The zero-order chi connectivity index (χ0) is 15.6. The number of rotatable bonds is 4. The minimum Gasteiger partial charge on any atom is -0.337 e. The van der Waals surface area contributed by atoms with E-state index in [2.05, 4.69) is 10.1 Å². The molecule has 21 heavy (non-hydrogen) atoms. The summed E-state index contributed by atoms with van der Waals surface area (Å²) in [5.74, 6) is 0.690. The van der Waals surface area contributed by atoms with Gasteiger partial charge < -0.3 is 10.3 Å². The van der Waals surface area contributed by atoms with Crippen molar-refractivity contribution < 1.29 is 17.7 Å². The molecule has 0 aliphatic heterocycles. The highest BCUT2D eigenvalue weighted by molar-refractivity contribution is 5.55. The molecule has 0 radical (unpaired) electrons. The standard InChI is InChI=1S/C14H16F3N3O/c1-8(2)6-11(18)13-19-12(20-21-13)9-4-3-5-10(7-9)14(15,16)17/h3-5,7-8,11H,6,18H2,1-2H3/t11-/m1/s1. The number of alkyl halides is 3. The molecule has 0 spiro atoms. The average molecular weight is 299 g/mol. The molecule has 0 bridgehead atoms. The monoisotopic (exact) mass is 299 g/mol. The SMILES string of the molecule is CC(C)C[C@@H](N)c1nc(-c2cccc(C(F)(F)F)c2)no1. The predicted molar refractivity (Wildman–Crippen MR) is 71.1 cm³/mol. The van der Waals surface area contributed by atoms with Crippen molar-refractivity contribution in [1.29, 1.82) is 0 Å². The molecule has 0 aliphatic carbocycles. The van der Waals surface area contributed by atoms with Crippen LogP contribution in [0.2, 0.25) is 0 Å². The van der Waals surface area contributed by atoms with Crippen molar-refractivity contribution in [3.8, 4) is 11.4 Å². The van der Waals surface area contributed by atoms with E-state index in [0.29, 0.717) is 12.3 Å². The smallest absolute Gasteiger partial charge is 0.337 e. The van der Waals surface area contributed by atoms with Crippen LogP contribution in [0.5, 0.6) is 0 Å². The molecule has 2 rings (SSSR count). The van der Waals surface area contributed by atoms with Crippen molar-refractivity contribution in [2.45, 2.75) is 32.5 Å². The van der Waals surface area contributed by atoms with Gasteiger partial charge in [-0.05, 0) is 24.5 Å². The number of nitrogens with zero attached hydrogens (tertiary/aromatic N) is 2. The van der Waals surface area contributed by atoms with Crippen LogP contribution in [0.3, 0.4) is 0 Å². The molecule has 0 fully saturated rings. The van der Waals surface area contributed by atoms with Gasteiger partial charge in [0.05, 0.1) is 11.6 Å². The molecule has 1 atom stereocenters. The van der Waals surface area contributed by atoms with Crippen LogP contribution in [0, 0.1) is 5.92 Å². The number of nitrogens with two attached hydrogens (primary N) is 1. The molecule has 1 heterocycles. The Morgan fingerprint density at radius 2 is 2.00 bits per heavy atom. The maximum absolute atomic E-state index is 12.7. The number of hydrogen-bond acceptors (Lipinski definition) is 4. The van der Waals surface area contributed by atoms with Crippen molar-refractivity contribution in [3.05, 3.63) is 35.7 Å². The Hall–Kier alpha value is -1.89. The highest BCUT2D eigenvalue weighted by Crippen LogP contribution is 2.31. The summed E-state index contributed by atoms with van der Waals surface area (Å²) < 4.78 is 43.1. The first-order valence-corrected chi connectivity index (χ1v) is 6.54. The Morgan fingerprint density at radius 3 is 2.62 bits per heavy atom. The van der Waals surface area contributed by atoms with E-state index in [-0.39, 0.29) is 17.3 Å². The summed E-state index contributed by atoms with van der Waals surface area (Å²) in [4.78, 5) is 4.09. The fraction of sp³-hybridized carbons (Fsp3) is 0.429. The van der Waals surface area contributed by atoms with E-state index < -0.39 is 17.8 Å². The first-order chi connectivity index (χ1) is 9.77. The van der Waals surface area contributed by atoms with E-state index in [9.17, 15) is 13.2 Å². The molecule has 2 N–H and O–H groups in total. The van der Waals surface area contributed by atoms with Gasteiger partial charge in [-0.3, -0.25) is 0 Å². The first kappa shape index (κ1) is 15.5. The van der Waals surface area contributed by atoms with Crippen LogP contribution in [0.1, 0.15) is 37.8 Å². The van der Waals surface area contributed by atoms with Gasteiger partial charge in [0.15, 0.2) is 0 Å². The molecule has 0 saturated carbocycles. The van der Waals surface area contributed by atoms with Gasteiger partial charge >= 0.3 is 6.18 Å². The minimum absolute atomic E-state index is 0.107. The summed E-state index contributed by atoms with van der Waals surface area (Å²) in [5, 5.41) is 3.70. The number of halogens is 3. The highest BCUT2D eigenvalue weighted by Gasteiger charge is 2.30. The maximum Gasteiger partial charge on any atom is 0.416 e. The molecule has 7 heteroatoms. The van der Waals surface area contributed by atoms with Crippen molar-refractivity contribution in [1.82, 2.24) is 10.1 Å². The summed E-state index contributed by atoms with van der Waals surface area (Å²) in [6.07, 6.45) is -3.75. The van der Waals surface area contributed by atoms with E-state index in [1.807, 2.05) is 13.8 Å². The molecule has 4 nitrogen and oxygen atoms in total. The third kappa shape index (κ3) is 3.81. The maximum atomic E-state index is 12.7. The second-order valence-electron chi connectivity index (χ2n) is 5.27. The summed E-state index contributed by atoms with van der Waals surface area (Å²) in [6.45, 7) is 4.01. The van der Waals surface area contributed by atoms with Gasteiger partial charge in [0.1, 0.15) is 0 Å². The zero-order valence-corrected chi connectivity index (χ0v) is 11.7. The Kier molecular flexibility index (Phi) is 4.32. The van der Waals surface area contributed by atoms with Gasteiger partial charge in [-0.1, -0.05) is 31.1 Å². The third-order valence-electron chi connectivity index (χ3n) is 2.93. The Balaban J connectivity index is 2.26. The van der Waals surface area contributed by atoms with Gasteiger partial charge in [0, 0.05) is 5.56 Å². The summed E-state index contributed by atoms with van der Waals surface area (Å²) in [5.41, 5.74) is 5.41. The lowest BCUT2D eigenvalue weighted by atomic mass is 10.0. The van der Waals surface area contributed by atoms with E-state index in [0.717, 1.165) is 12.1 Å². The third-order valence-corrected chi connectivity index (χ3v) is 2.93. The van der Waals surface area contributed by atoms with Gasteiger partial charge in [-0.25, -0.2) is 0 Å².